The lowest BCUT2D eigenvalue weighted by Crippen LogP contribution is -2.06. The van der Waals surface area contributed by atoms with Gasteiger partial charge >= 0.3 is 13.2 Å². The number of halogens is 4. The molecule has 0 aliphatic heterocycles. The Kier molecular flexibility index (Phi) is 5.99. The van der Waals surface area contributed by atoms with Crippen LogP contribution in [0, 0.1) is 0 Å². The second-order valence-electron chi connectivity index (χ2n) is 4.70. The highest BCUT2D eigenvalue weighted by molar-refractivity contribution is 6.07. The van der Waals surface area contributed by atoms with Crippen LogP contribution in [0.4, 0.5) is 17.6 Å². The van der Waals surface area contributed by atoms with Gasteiger partial charge in [-0.1, -0.05) is 0 Å². The van der Waals surface area contributed by atoms with E-state index >= 15 is 0 Å². The smallest absolute Gasteiger partial charge is 0.387 e. The van der Waals surface area contributed by atoms with Crippen molar-refractivity contribution >= 4 is 11.9 Å². The Hall–Kier alpha value is -3.03. The monoisotopic (exact) mass is 356 g/mol. The minimum atomic E-state index is -3.18. The largest absolute Gasteiger partial charge is 0.508 e. The number of carbonyl (C=O) groups is 1. The maximum Gasteiger partial charge on any atom is 0.387 e. The molecule has 1 N–H and O–H groups in total. The number of hydrogen-bond donors (Lipinski definition) is 1. The average Bonchev–Trinajstić information content (AvgIpc) is 2.53. The first kappa shape index (κ1) is 18.3. The van der Waals surface area contributed by atoms with Crippen molar-refractivity contribution in [3.8, 4) is 17.2 Å². The molecular weight excluding hydrogens is 344 g/mol. The number of rotatable bonds is 7. The first-order valence-corrected chi connectivity index (χ1v) is 6.90. The van der Waals surface area contributed by atoms with Gasteiger partial charge in [0, 0.05) is 17.2 Å². The number of alkyl halides is 4. The van der Waals surface area contributed by atoms with Gasteiger partial charge < -0.3 is 14.6 Å². The topological polar surface area (TPSA) is 55.8 Å². The van der Waals surface area contributed by atoms with E-state index in [2.05, 4.69) is 9.47 Å². The van der Waals surface area contributed by atoms with Gasteiger partial charge in [-0.25, -0.2) is 0 Å². The van der Waals surface area contributed by atoms with Gasteiger partial charge in [0.15, 0.2) is 5.78 Å². The lowest BCUT2D eigenvalue weighted by molar-refractivity contribution is -0.0543. The molecule has 0 saturated heterocycles. The molecule has 8 heteroatoms. The van der Waals surface area contributed by atoms with Crippen molar-refractivity contribution in [2.45, 2.75) is 13.2 Å². The van der Waals surface area contributed by atoms with E-state index in [1.54, 1.807) is 0 Å². The van der Waals surface area contributed by atoms with Crippen LogP contribution >= 0.6 is 0 Å². The fourth-order valence-corrected chi connectivity index (χ4v) is 1.91. The molecule has 2 rings (SSSR count). The van der Waals surface area contributed by atoms with E-state index in [1.807, 2.05) is 0 Å². The molecule has 0 heterocycles. The van der Waals surface area contributed by atoms with Crippen molar-refractivity contribution in [3.63, 3.8) is 0 Å². The van der Waals surface area contributed by atoms with Crippen LogP contribution in [0.25, 0.3) is 6.08 Å². The fourth-order valence-electron chi connectivity index (χ4n) is 1.91. The first-order valence-electron chi connectivity index (χ1n) is 6.90. The number of allylic oxidation sites excluding steroid dienone is 1. The second kappa shape index (κ2) is 8.18. The normalized spacial score (nSPS) is 11.3. The molecule has 0 aliphatic rings. The number of ether oxygens (including phenoxy) is 2. The van der Waals surface area contributed by atoms with Crippen LogP contribution in [0.3, 0.4) is 0 Å². The SMILES string of the molecule is O=C(/C=C/c1ccc(OC(F)F)cc1OC(F)F)c1ccc(O)cc1. The predicted molar refractivity (Wildman–Crippen MR) is 81.2 cm³/mol. The molecule has 0 aromatic heterocycles. The summed E-state index contributed by atoms with van der Waals surface area (Å²) in [6.45, 7) is -6.29. The second-order valence-corrected chi connectivity index (χ2v) is 4.70. The molecule has 0 aliphatic carbocycles. The van der Waals surface area contributed by atoms with Crippen molar-refractivity contribution in [1.82, 2.24) is 0 Å². The number of phenolic OH excluding ortho intramolecular Hbond substituents is 1. The number of aromatic hydroxyl groups is 1. The summed E-state index contributed by atoms with van der Waals surface area (Å²) in [5.41, 5.74) is 0.345. The molecule has 0 unspecified atom stereocenters. The van der Waals surface area contributed by atoms with Gasteiger partial charge in [-0.05, 0) is 48.6 Å². The van der Waals surface area contributed by atoms with Crippen molar-refractivity contribution < 1.29 is 36.9 Å². The average molecular weight is 356 g/mol. The summed E-state index contributed by atoms with van der Waals surface area (Å²) >= 11 is 0. The van der Waals surface area contributed by atoms with E-state index in [1.165, 1.54) is 36.4 Å². The van der Waals surface area contributed by atoms with Crippen LogP contribution < -0.4 is 9.47 Å². The number of benzene rings is 2. The zero-order chi connectivity index (χ0) is 18.4. The molecule has 132 valence electrons. The van der Waals surface area contributed by atoms with Crippen LogP contribution in [-0.4, -0.2) is 24.1 Å². The molecule has 0 amide bonds. The highest BCUT2D eigenvalue weighted by Gasteiger charge is 2.12. The van der Waals surface area contributed by atoms with Gasteiger partial charge in [-0.15, -0.1) is 0 Å². The highest BCUT2D eigenvalue weighted by Crippen LogP contribution is 2.28. The van der Waals surface area contributed by atoms with Gasteiger partial charge in [0.05, 0.1) is 0 Å². The molecule has 0 saturated carbocycles. The lowest BCUT2D eigenvalue weighted by Gasteiger charge is -2.11. The summed E-state index contributed by atoms with van der Waals surface area (Å²) in [5, 5.41) is 9.17. The Balaban J connectivity index is 2.24. The van der Waals surface area contributed by atoms with E-state index in [0.29, 0.717) is 0 Å². The Bertz CT molecular complexity index is 758. The van der Waals surface area contributed by atoms with E-state index in [9.17, 15) is 27.5 Å². The Morgan fingerprint density at radius 2 is 1.60 bits per heavy atom. The Labute approximate surface area is 139 Å². The maximum absolute atomic E-state index is 12.5. The number of phenols is 1. The van der Waals surface area contributed by atoms with Gasteiger partial charge in [0.2, 0.25) is 0 Å². The van der Waals surface area contributed by atoms with Crippen molar-refractivity contribution in [3.05, 3.63) is 59.7 Å². The summed E-state index contributed by atoms with van der Waals surface area (Å²) in [4.78, 5) is 12.0. The number of carbonyl (C=O) groups excluding carboxylic acids is 1. The number of ketones is 1. The van der Waals surface area contributed by atoms with Crippen molar-refractivity contribution in [1.29, 1.82) is 0 Å². The van der Waals surface area contributed by atoms with E-state index < -0.39 is 24.8 Å². The summed E-state index contributed by atoms with van der Waals surface area (Å²) in [6.07, 6.45) is 2.31. The molecule has 0 bridgehead atoms. The van der Waals surface area contributed by atoms with Gasteiger partial charge in [0.25, 0.3) is 0 Å². The zero-order valence-electron chi connectivity index (χ0n) is 12.5. The fraction of sp³-hybridized carbons (Fsp3) is 0.118. The molecule has 25 heavy (non-hydrogen) atoms. The molecular formula is C17H12F4O4. The van der Waals surface area contributed by atoms with Crippen LogP contribution in [0.1, 0.15) is 15.9 Å². The minimum Gasteiger partial charge on any atom is -0.508 e. The summed E-state index contributed by atoms with van der Waals surface area (Å²) in [7, 11) is 0. The summed E-state index contributed by atoms with van der Waals surface area (Å²) in [6, 6.07) is 8.64. The summed E-state index contributed by atoms with van der Waals surface area (Å²) in [5.74, 6) is -1.23. The Morgan fingerprint density at radius 1 is 0.960 bits per heavy atom. The maximum atomic E-state index is 12.5. The molecule has 2 aromatic carbocycles. The highest BCUT2D eigenvalue weighted by atomic mass is 19.3. The Morgan fingerprint density at radius 3 is 2.20 bits per heavy atom. The molecule has 0 radical (unpaired) electrons. The standard InChI is InChI=1S/C17H12F4O4/c18-16(19)24-13-7-3-11(15(9-13)25-17(20)21)4-8-14(23)10-1-5-12(22)6-2-10/h1-9,16-17,22H/b8-4+. The predicted octanol–water partition coefficient (Wildman–Crippen LogP) is 4.49. The summed E-state index contributed by atoms with van der Waals surface area (Å²) < 4.78 is 57.7. The van der Waals surface area contributed by atoms with E-state index in [-0.39, 0.29) is 22.6 Å². The third kappa shape index (κ3) is 5.52. The van der Waals surface area contributed by atoms with Crippen LogP contribution in [0.15, 0.2) is 48.5 Å². The van der Waals surface area contributed by atoms with Crippen LogP contribution in [0.2, 0.25) is 0 Å². The first-order chi connectivity index (χ1) is 11.8. The third-order valence-corrected chi connectivity index (χ3v) is 2.99. The molecule has 2 aromatic rings. The van der Waals surface area contributed by atoms with Crippen molar-refractivity contribution in [2.24, 2.45) is 0 Å². The van der Waals surface area contributed by atoms with Gasteiger partial charge in [-0.2, -0.15) is 17.6 Å². The van der Waals surface area contributed by atoms with Crippen molar-refractivity contribution in [2.75, 3.05) is 0 Å². The van der Waals surface area contributed by atoms with Crippen LogP contribution in [0.5, 0.6) is 17.2 Å². The molecule has 0 fully saturated rings. The minimum absolute atomic E-state index is 0.0113. The zero-order valence-corrected chi connectivity index (χ0v) is 12.5. The molecule has 4 nitrogen and oxygen atoms in total. The number of hydrogen-bond acceptors (Lipinski definition) is 4. The third-order valence-electron chi connectivity index (χ3n) is 2.99. The van der Waals surface area contributed by atoms with E-state index in [0.717, 1.165) is 18.2 Å². The van der Waals surface area contributed by atoms with Crippen LogP contribution in [-0.2, 0) is 0 Å². The molecule has 0 atom stereocenters. The van der Waals surface area contributed by atoms with E-state index in [4.69, 9.17) is 0 Å². The quantitative estimate of drug-likeness (QED) is 0.451. The molecule has 0 spiro atoms. The van der Waals surface area contributed by atoms with Gasteiger partial charge in [-0.3, -0.25) is 4.79 Å². The van der Waals surface area contributed by atoms with Gasteiger partial charge in [0.1, 0.15) is 17.2 Å². The lowest BCUT2D eigenvalue weighted by atomic mass is 10.1.